The maximum atomic E-state index is 13.1. The standard InChI is InChI=1S/C26H30N2O7/c1-16(2)15-35-21-10-9-19(13-17(21)3)24(29)22-23(18-7-5-8-20(14-18)28(32)33)27(11-6-12-34-4)26(31)25(22)30/h5,7-10,13-14,16,23,29H,6,11-12,15H2,1-4H3/t23-/m1/s1. The molecule has 0 aromatic heterocycles. The molecule has 186 valence electrons. The lowest BCUT2D eigenvalue weighted by atomic mass is 9.94. The first-order chi connectivity index (χ1) is 16.6. The third-order valence-corrected chi connectivity index (χ3v) is 5.70. The third kappa shape index (κ3) is 5.68. The average Bonchev–Trinajstić information content (AvgIpc) is 3.08. The fourth-order valence-electron chi connectivity index (χ4n) is 4.02. The summed E-state index contributed by atoms with van der Waals surface area (Å²) in [7, 11) is 1.53. The van der Waals surface area contributed by atoms with Crippen molar-refractivity contribution in [1.82, 2.24) is 4.90 Å². The number of nitrogens with zero attached hydrogens (tertiary/aromatic N) is 2. The second-order valence-corrected chi connectivity index (χ2v) is 8.88. The number of non-ortho nitro benzene ring substituents is 1. The van der Waals surface area contributed by atoms with Crippen molar-refractivity contribution in [1.29, 1.82) is 0 Å². The molecule has 3 rings (SSSR count). The summed E-state index contributed by atoms with van der Waals surface area (Å²) >= 11 is 0. The number of nitro groups is 1. The zero-order valence-electron chi connectivity index (χ0n) is 20.3. The van der Waals surface area contributed by atoms with Gasteiger partial charge in [-0.25, -0.2) is 0 Å². The van der Waals surface area contributed by atoms with Crippen molar-refractivity contribution >= 4 is 23.1 Å². The number of rotatable bonds is 10. The molecule has 0 spiro atoms. The van der Waals surface area contributed by atoms with Crippen LogP contribution in [-0.4, -0.2) is 53.5 Å². The minimum atomic E-state index is -0.969. The normalized spacial score (nSPS) is 17.3. The van der Waals surface area contributed by atoms with Gasteiger partial charge in [-0.1, -0.05) is 26.0 Å². The summed E-state index contributed by atoms with van der Waals surface area (Å²) in [4.78, 5) is 38.2. The molecule has 0 bridgehead atoms. The molecule has 9 nitrogen and oxygen atoms in total. The van der Waals surface area contributed by atoms with Crippen LogP contribution in [0.4, 0.5) is 5.69 Å². The average molecular weight is 483 g/mol. The van der Waals surface area contributed by atoms with Gasteiger partial charge in [0, 0.05) is 38.0 Å². The molecule has 1 amide bonds. The molecule has 1 aliphatic rings. The summed E-state index contributed by atoms with van der Waals surface area (Å²) in [6.07, 6.45) is 0.454. The summed E-state index contributed by atoms with van der Waals surface area (Å²) in [5, 5.41) is 22.6. The van der Waals surface area contributed by atoms with E-state index in [-0.39, 0.29) is 23.6 Å². The van der Waals surface area contributed by atoms with Gasteiger partial charge < -0.3 is 19.5 Å². The Hall–Kier alpha value is -3.72. The Morgan fingerprint density at radius 2 is 1.94 bits per heavy atom. The molecular formula is C26H30N2O7. The number of hydrogen-bond acceptors (Lipinski definition) is 7. The van der Waals surface area contributed by atoms with E-state index in [2.05, 4.69) is 0 Å². The van der Waals surface area contributed by atoms with Crippen LogP contribution in [0, 0.1) is 23.0 Å². The van der Waals surface area contributed by atoms with Gasteiger partial charge in [0.25, 0.3) is 17.4 Å². The van der Waals surface area contributed by atoms with Gasteiger partial charge in [-0.3, -0.25) is 19.7 Å². The van der Waals surface area contributed by atoms with E-state index < -0.39 is 22.7 Å². The van der Waals surface area contributed by atoms with Gasteiger partial charge in [0.05, 0.1) is 23.1 Å². The number of aliphatic hydroxyl groups excluding tert-OH is 1. The van der Waals surface area contributed by atoms with Gasteiger partial charge >= 0.3 is 0 Å². The molecule has 1 fully saturated rings. The van der Waals surface area contributed by atoms with Crippen LogP contribution in [0.2, 0.25) is 0 Å². The van der Waals surface area contributed by atoms with E-state index in [9.17, 15) is 24.8 Å². The molecule has 0 unspecified atom stereocenters. The van der Waals surface area contributed by atoms with Gasteiger partial charge in [0.15, 0.2) is 0 Å². The van der Waals surface area contributed by atoms with Crippen molar-refractivity contribution in [3.63, 3.8) is 0 Å². The van der Waals surface area contributed by atoms with E-state index in [4.69, 9.17) is 9.47 Å². The van der Waals surface area contributed by atoms with E-state index in [1.165, 1.54) is 30.2 Å². The Kier molecular flexibility index (Phi) is 8.24. The van der Waals surface area contributed by atoms with Crippen LogP contribution in [0.3, 0.4) is 0 Å². The fourth-order valence-corrected chi connectivity index (χ4v) is 4.02. The monoisotopic (exact) mass is 482 g/mol. The molecule has 0 saturated carbocycles. The number of methoxy groups -OCH3 is 1. The zero-order chi connectivity index (χ0) is 25.7. The van der Waals surface area contributed by atoms with Crippen LogP contribution >= 0.6 is 0 Å². The molecule has 0 radical (unpaired) electrons. The summed E-state index contributed by atoms with van der Waals surface area (Å²) in [6.45, 7) is 6.98. The van der Waals surface area contributed by atoms with E-state index in [0.29, 0.717) is 42.4 Å². The number of ether oxygens (including phenoxy) is 2. The summed E-state index contributed by atoms with van der Waals surface area (Å²) < 4.78 is 10.9. The lowest BCUT2D eigenvalue weighted by molar-refractivity contribution is -0.384. The van der Waals surface area contributed by atoms with E-state index in [1.54, 1.807) is 24.3 Å². The Morgan fingerprint density at radius 3 is 2.57 bits per heavy atom. The molecule has 2 aromatic rings. The van der Waals surface area contributed by atoms with Crippen LogP contribution < -0.4 is 4.74 Å². The molecule has 9 heteroatoms. The highest BCUT2D eigenvalue weighted by Gasteiger charge is 2.46. The van der Waals surface area contributed by atoms with Crippen molar-refractivity contribution < 1.29 is 29.1 Å². The lowest BCUT2D eigenvalue weighted by Crippen LogP contribution is -2.31. The SMILES string of the molecule is COCCCN1C(=O)C(=O)C(=C(O)c2ccc(OCC(C)C)c(C)c2)[C@H]1c1cccc([N+](=O)[O-])c1. The molecule has 1 aliphatic heterocycles. The van der Waals surface area contributed by atoms with Gasteiger partial charge in [-0.05, 0) is 48.6 Å². The topological polar surface area (TPSA) is 119 Å². The first-order valence-corrected chi connectivity index (χ1v) is 11.4. The molecule has 2 aromatic carbocycles. The second kappa shape index (κ2) is 11.1. The number of carbonyl (C=O) groups is 2. The molecule has 0 aliphatic carbocycles. The number of hydrogen-bond donors (Lipinski definition) is 1. The second-order valence-electron chi connectivity index (χ2n) is 8.88. The van der Waals surface area contributed by atoms with Crippen molar-refractivity contribution in [3.8, 4) is 5.75 Å². The number of Topliss-reactive ketones (excluding diaryl/α,β-unsaturated/α-hetero) is 1. The smallest absolute Gasteiger partial charge is 0.295 e. The van der Waals surface area contributed by atoms with Crippen LogP contribution in [0.1, 0.15) is 43.0 Å². The number of ketones is 1. The highest BCUT2D eigenvalue weighted by atomic mass is 16.6. The number of likely N-dealkylation sites (tertiary alicyclic amines) is 1. The summed E-state index contributed by atoms with van der Waals surface area (Å²) in [6, 6.07) is 9.81. The van der Waals surface area contributed by atoms with Crippen molar-refractivity contribution in [2.24, 2.45) is 5.92 Å². The van der Waals surface area contributed by atoms with E-state index in [0.717, 1.165) is 5.56 Å². The number of aliphatic hydroxyl groups is 1. The number of nitro benzene ring substituents is 1. The summed E-state index contributed by atoms with van der Waals surface area (Å²) in [5.74, 6) is -0.952. The van der Waals surface area contributed by atoms with E-state index in [1.807, 2.05) is 20.8 Å². The zero-order valence-corrected chi connectivity index (χ0v) is 20.3. The molecule has 1 heterocycles. The van der Waals surface area contributed by atoms with Gasteiger partial charge in [-0.2, -0.15) is 0 Å². The first kappa shape index (κ1) is 25.9. The summed E-state index contributed by atoms with van der Waals surface area (Å²) in [5.41, 5.74) is 1.20. The van der Waals surface area contributed by atoms with Gasteiger partial charge in [-0.15, -0.1) is 0 Å². The molecule has 1 saturated heterocycles. The Morgan fingerprint density at radius 1 is 1.20 bits per heavy atom. The largest absolute Gasteiger partial charge is 0.507 e. The molecule has 1 N–H and O–H groups in total. The maximum absolute atomic E-state index is 13.1. The van der Waals surface area contributed by atoms with Crippen molar-refractivity contribution in [2.75, 3.05) is 26.9 Å². The molecule has 1 atom stereocenters. The number of carbonyl (C=O) groups excluding carboxylic acids is 2. The van der Waals surface area contributed by atoms with Crippen molar-refractivity contribution in [3.05, 3.63) is 74.8 Å². The Labute approximate surface area is 204 Å². The first-order valence-electron chi connectivity index (χ1n) is 11.4. The van der Waals surface area contributed by atoms with Crippen LogP contribution in [0.5, 0.6) is 5.75 Å². The van der Waals surface area contributed by atoms with Crippen LogP contribution in [-0.2, 0) is 14.3 Å². The number of amides is 1. The fraction of sp³-hybridized carbons (Fsp3) is 0.385. The lowest BCUT2D eigenvalue weighted by Gasteiger charge is -2.25. The predicted molar refractivity (Wildman–Crippen MR) is 130 cm³/mol. The number of aryl methyl sites for hydroxylation is 1. The van der Waals surface area contributed by atoms with E-state index >= 15 is 0 Å². The quantitative estimate of drug-likeness (QED) is 0.133. The predicted octanol–water partition coefficient (Wildman–Crippen LogP) is 4.40. The molecule has 35 heavy (non-hydrogen) atoms. The Bertz CT molecular complexity index is 1160. The maximum Gasteiger partial charge on any atom is 0.295 e. The minimum Gasteiger partial charge on any atom is -0.507 e. The highest BCUT2D eigenvalue weighted by molar-refractivity contribution is 6.46. The van der Waals surface area contributed by atoms with Crippen molar-refractivity contribution in [2.45, 2.75) is 33.2 Å². The third-order valence-electron chi connectivity index (χ3n) is 5.70. The minimum absolute atomic E-state index is 0.108. The highest BCUT2D eigenvalue weighted by Crippen LogP contribution is 2.40. The van der Waals surface area contributed by atoms with Gasteiger partial charge in [0.2, 0.25) is 0 Å². The Balaban J connectivity index is 2.10. The van der Waals surface area contributed by atoms with Crippen LogP contribution in [0.25, 0.3) is 5.76 Å². The van der Waals surface area contributed by atoms with Gasteiger partial charge in [0.1, 0.15) is 11.5 Å². The molecular weight excluding hydrogens is 452 g/mol. The number of benzene rings is 2. The van der Waals surface area contributed by atoms with Crippen LogP contribution in [0.15, 0.2) is 48.0 Å².